The molecule has 1 atom stereocenters. The van der Waals surface area contributed by atoms with Crippen LogP contribution in [0.1, 0.15) is 46.9 Å². The molecule has 6 heteroatoms. The van der Waals surface area contributed by atoms with Gasteiger partial charge in [0.15, 0.2) is 6.10 Å². The summed E-state index contributed by atoms with van der Waals surface area (Å²) in [6.07, 6.45) is 1.52. The van der Waals surface area contributed by atoms with E-state index < -0.39 is 6.10 Å². The summed E-state index contributed by atoms with van der Waals surface area (Å²) in [5, 5.41) is 0. The molecule has 6 rings (SSSR count). The van der Waals surface area contributed by atoms with Crippen LogP contribution in [-0.4, -0.2) is 42.4 Å². The number of ether oxygens (including phenoxy) is 1. The number of esters is 1. The molecule has 0 amide bonds. The number of fused-ring (bicyclic) bond motifs is 3. The van der Waals surface area contributed by atoms with Crippen LogP contribution in [0.5, 0.6) is 0 Å². The zero-order valence-corrected chi connectivity index (χ0v) is 20.1. The van der Waals surface area contributed by atoms with Gasteiger partial charge in [-0.3, -0.25) is 9.59 Å². The number of quaternary nitrogens is 1. The minimum Gasteiger partial charge on any atom is -0.453 e. The number of nitrogens with zero attached hydrogens (tertiary/aromatic N) is 1. The Morgan fingerprint density at radius 2 is 1.39 bits per heavy atom. The third-order valence-corrected chi connectivity index (χ3v) is 7.84. The van der Waals surface area contributed by atoms with Crippen LogP contribution < -0.4 is 0 Å². The van der Waals surface area contributed by atoms with Gasteiger partial charge in [0, 0.05) is 24.3 Å². The van der Waals surface area contributed by atoms with Gasteiger partial charge in [-0.15, -0.1) is 0 Å². The van der Waals surface area contributed by atoms with Gasteiger partial charge in [-0.1, -0.05) is 54.6 Å². The maximum Gasteiger partial charge on any atom is 0.307 e. The van der Waals surface area contributed by atoms with Gasteiger partial charge in [-0.25, -0.2) is 8.78 Å². The summed E-state index contributed by atoms with van der Waals surface area (Å²) in [7, 11) is 0. The number of ketones is 1. The van der Waals surface area contributed by atoms with Gasteiger partial charge in [-0.2, -0.15) is 0 Å². The van der Waals surface area contributed by atoms with E-state index in [1.807, 2.05) is 30.3 Å². The Morgan fingerprint density at radius 1 is 0.833 bits per heavy atom. The number of rotatable bonds is 8. The fourth-order valence-corrected chi connectivity index (χ4v) is 5.91. The minimum absolute atomic E-state index is 0.143. The largest absolute Gasteiger partial charge is 0.453 e. The molecule has 0 aliphatic carbocycles. The highest BCUT2D eigenvalue weighted by Gasteiger charge is 2.47. The van der Waals surface area contributed by atoms with Crippen LogP contribution in [0.3, 0.4) is 0 Å². The van der Waals surface area contributed by atoms with Gasteiger partial charge in [-0.05, 0) is 41.3 Å². The molecule has 0 spiro atoms. The number of halogens is 2. The molecule has 0 N–H and O–H groups in total. The summed E-state index contributed by atoms with van der Waals surface area (Å²) in [6.45, 7) is 3.16. The van der Waals surface area contributed by atoms with Gasteiger partial charge in [0.05, 0.1) is 26.1 Å². The molecule has 3 fully saturated rings. The normalized spacial score (nSPS) is 23.0. The predicted octanol–water partition coefficient (Wildman–Crippen LogP) is 5.73. The predicted molar refractivity (Wildman–Crippen MR) is 132 cm³/mol. The molecule has 0 radical (unpaired) electrons. The molecule has 186 valence electrons. The van der Waals surface area contributed by atoms with Gasteiger partial charge in [0.2, 0.25) is 5.78 Å². The molecule has 3 aromatic carbocycles. The Kier molecular flexibility index (Phi) is 6.97. The summed E-state index contributed by atoms with van der Waals surface area (Å²) in [6, 6.07) is 21.0. The first-order valence-corrected chi connectivity index (χ1v) is 12.5. The Labute approximate surface area is 210 Å². The van der Waals surface area contributed by atoms with Crippen molar-refractivity contribution >= 4 is 11.8 Å². The van der Waals surface area contributed by atoms with E-state index in [0.717, 1.165) is 42.5 Å². The molecular weight excluding hydrogens is 460 g/mol. The monoisotopic (exact) mass is 490 g/mol. The zero-order valence-electron chi connectivity index (χ0n) is 20.1. The van der Waals surface area contributed by atoms with E-state index >= 15 is 0 Å². The topological polar surface area (TPSA) is 43.4 Å². The lowest BCUT2D eigenvalue weighted by Gasteiger charge is -2.52. The molecule has 4 nitrogen and oxygen atoms in total. The molecular formula is C30H30F2NO3+. The van der Waals surface area contributed by atoms with Crippen LogP contribution in [0, 0.1) is 23.5 Å². The quantitative estimate of drug-likeness (QED) is 0.230. The summed E-state index contributed by atoms with van der Waals surface area (Å²) in [4.78, 5) is 26.2. The van der Waals surface area contributed by atoms with Gasteiger partial charge in [0.1, 0.15) is 18.2 Å². The molecule has 0 unspecified atom stereocenters. The van der Waals surface area contributed by atoms with E-state index in [2.05, 4.69) is 0 Å². The van der Waals surface area contributed by atoms with Crippen molar-refractivity contribution in [3.8, 4) is 0 Å². The smallest absolute Gasteiger partial charge is 0.307 e. The van der Waals surface area contributed by atoms with E-state index in [4.69, 9.17) is 4.74 Å². The zero-order chi connectivity index (χ0) is 25.1. The van der Waals surface area contributed by atoms with Crippen LogP contribution in [0.25, 0.3) is 0 Å². The summed E-state index contributed by atoms with van der Waals surface area (Å²) in [5.74, 6) is -0.362. The van der Waals surface area contributed by atoms with Gasteiger partial charge < -0.3 is 9.22 Å². The van der Waals surface area contributed by atoms with Gasteiger partial charge >= 0.3 is 5.97 Å². The van der Waals surface area contributed by atoms with Crippen LogP contribution in [0.2, 0.25) is 0 Å². The Morgan fingerprint density at radius 3 is 1.94 bits per heavy atom. The van der Waals surface area contributed by atoms with Crippen LogP contribution >= 0.6 is 0 Å². The summed E-state index contributed by atoms with van der Waals surface area (Å²) < 4.78 is 33.7. The highest BCUT2D eigenvalue weighted by atomic mass is 19.1. The average Bonchev–Trinajstić information content (AvgIpc) is 2.89. The summed E-state index contributed by atoms with van der Waals surface area (Å²) >= 11 is 0. The number of hydrogen-bond donors (Lipinski definition) is 0. The van der Waals surface area contributed by atoms with Crippen molar-refractivity contribution in [2.24, 2.45) is 11.8 Å². The number of carbonyl (C=O) groups is 2. The van der Waals surface area contributed by atoms with E-state index in [1.165, 1.54) is 24.3 Å². The lowest BCUT2D eigenvalue weighted by Crippen LogP contribution is -2.63. The third kappa shape index (κ3) is 5.39. The Hall–Kier alpha value is -3.38. The summed E-state index contributed by atoms with van der Waals surface area (Å²) in [5.41, 5.74) is 1.99. The molecule has 2 bridgehead atoms. The second-order valence-electron chi connectivity index (χ2n) is 10.2. The SMILES string of the molecule is O=C(C[C@H]1C[N+]2(CC(=O)c3ccccc3)CCC1CC2)OC(c1ccc(F)cc1)c1ccc(F)cc1. The minimum atomic E-state index is -0.748. The number of Topliss-reactive ketones (excluding diaryl/α,β-unsaturated/α-hetero) is 1. The molecule has 3 aliphatic heterocycles. The maximum atomic E-state index is 13.5. The fourth-order valence-electron chi connectivity index (χ4n) is 5.91. The first-order valence-electron chi connectivity index (χ1n) is 12.5. The first-order chi connectivity index (χ1) is 17.4. The molecule has 3 saturated heterocycles. The van der Waals surface area contributed by atoms with E-state index in [-0.39, 0.29) is 35.7 Å². The van der Waals surface area contributed by atoms with Crippen molar-refractivity contribution in [1.29, 1.82) is 0 Å². The average molecular weight is 491 g/mol. The number of hydrogen-bond acceptors (Lipinski definition) is 3. The highest BCUT2D eigenvalue weighted by molar-refractivity contribution is 5.96. The standard InChI is InChI=1S/C30H30F2NO3/c31-26-10-6-23(7-11-26)30(24-8-12-27(32)13-9-24)36-29(35)18-25-19-33(16-14-21(25)15-17-33)20-28(34)22-4-2-1-3-5-22/h1-13,21,25,30H,14-20H2/q+1/t21?,25-,33?/m0/s1. The molecule has 0 saturated carbocycles. The van der Waals surface area contributed by atoms with Crippen LogP contribution in [-0.2, 0) is 9.53 Å². The van der Waals surface area contributed by atoms with Crippen molar-refractivity contribution in [3.05, 3.63) is 107 Å². The molecule has 3 aliphatic rings. The van der Waals surface area contributed by atoms with Crippen molar-refractivity contribution in [2.45, 2.75) is 25.4 Å². The Balaban J connectivity index is 1.29. The maximum absolute atomic E-state index is 13.5. The number of benzene rings is 3. The first kappa shape index (κ1) is 24.3. The van der Waals surface area contributed by atoms with Crippen LogP contribution in [0.4, 0.5) is 8.78 Å². The third-order valence-electron chi connectivity index (χ3n) is 7.84. The van der Waals surface area contributed by atoms with Crippen molar-refractivity contribution in [2.75, 3.05) is 26.2 Å². The second kappa shape index (κ2) is 10.3. The van der Waals surface area contributed by atoms with E-state index in [9.17, 15) is 18.4 Å². The van der Waals surface area contributed by atoms with Gasteiger partial charge in [0.25, 0.3) is 0 Å². The van der Waals surface area contributed by atoms with Crippen molar-refractivity contribution in [3.63, 3.8) is 0 Å². The van der Waals surface area contributed by atoms with E-state index in [0.29, 0.717) is 23.6 Å². The van der Waals surface area contributed by atoms with E-state index in [1.54, 1.807) is 24.3 Å². The number of piperidine rings is 3. The lowest BCUT2D eigenvalue weighted by molar-refractivity contribution is -0.939. The molecule has 0 aromatic heterocycles. The number of carbonyl (C=O) groups excluding carboxylic acids is 2. The lowest BCUT2D eigenvalue weighted by atomic mass is 9.75. The van der Waals surface area contributed by atoms with Crippen molar-refractivity contribution in [1.82, 2.24) is 0 Å². The second-order valence-corrected chi connectivity index (χ2v) is 10.2. The van der Waals surface area contributed by atoms with Crippen LogP contribution in [0.15, 0.2) is 78.9 Å². The van der Waals surface area contributed by atoms with Crippen molar-refractivity contribution < 1.29 is 27.6 Å². The molecule has 3 heterocycles. The highest BCUT2D eigenvalue weighted by Crippen LogP contribution is 2.40. The molecule has 36 heavy (non-hydrogen) atoms. The Bertz CT molecular complexity index is 1160. The fraction of sp³-hybridized carbons (Fsp3) is 0.333. The molecule has 3 aromatic rings.